The molecule has 0 heterocycles. The van der Waals surface area contributed by atoms with Gasteiger partial charge in [-0.25, -0.2) is 4.57 Å². The van der Waals surface area contributed by atoms with Gasteiger partial charge in [0.1, 0.15) is 6.61 Å². The summed E-state index contributed by atoms with van der Waals surface area (Å²) < 4.78 is 32.6. The number of carbonyl (C=O) groups excluding carboxylic acids is 2. The van der Waals surface area contributed by atoms with Crippen molar-refractivity contribution in [3.05, 3.63) is 48.6 Å². The van der Waals surface area contributed by atoms with Gasteiger partial charge in [-0.1, -0.05) is 133 Å². The molecule has 0 bridgehead atoms. The summed E-state index contributed by atoms with van der Waals surface area (Å²) in [5.41, 5.74) is 5.32. The molecule has 2 atom stereocenters. The summed E-state index contributed by atoms with van der Waals surface area (Å²) in [4.78, 5) is 34.6. The summed E-state index contributed by atoms with van der Waals surface area (Å²) in [6.45, 7) is 3.54. The molecular formula is C38H68NO8P. The predicted octanol–water partition coefficient (Wildman–Crippen LogP) is 9.99. The number of phosphoric ester groups is 1. The van der Waals surface area contributed by atoms with Crippen molar-refractivity contribution in [1.82, 2.24) is 0 Å². The van der Waals surface area contributed by atoms with Crippen molar-refractivity contribution in [2.75, 3.05) is 26.4 Å². The highest BCUT2D eigenvalue weighted by molar-refractivity contribution is 7.47. The average molecular weight is 698 g/mol. The number of nitrogens with two attached hydrogens (primary N) is 1. The highest BCUT2D eigenvalue weighted by atomic mass is 31.2. The van der Waals surface area contributed by atoms with E-state index in [1.165, 1.54) is 51.4 Å². The molecule has 0 radical (unpaired) electrons. The molecule has 0 aromatic carbocycles. The van der Waals surface area contributed by atoms with Crippen molar-refractivity contribution in [3.63, 3.8) is 0 Å². The first-order chi connectivity index (χ1) is 23.3. The number of esters is 2. The standard InChI is InChI=1S/C38H68NO8P/c1-3-5-7-9-11-13-15-17-18-19-21-22-24-26-28-30-37(40)44-34-36(35-46-48(42,43)45-33-32-39)47-38(41)31-29-27-25-23-20-16-14-12-10-8-6-4-2/h5,7,11,13,17-18,21-22,36H,3-4,6,8-10,12,14-16,19-20,23-35,39H2,1-2H3,(H,42,43)/b7-5-,13-11-,18-17-,22-21-/t36-/m1/s1. The van der Waals surface area contributed by atoms with E-state index in [1.54, 1.807) is 0 Å². The number of rotatable bonds is 34. The van der Waals surface area contributed by atoms with E-state index in [2.05, 4.69) is 62.5 Å². The van der Waals surface area contributed by atoms with Crippen molar-refractivity contribution >= 4 is 19.8 Å². The molecule has 0 aliphatic carbocycles. The average Bonchev–Trinajstić information content (AvgIpc) is 3.07. The van der Waals surface area contributed by atoms with Crippen molar-refractivity contribution in [2.45, 2.75) is 155 Å². The van der Waals surface area contributed by atoms with E-state index in [0.29, 0.717) is 12.8 Å². The lowest BCUT2D eigenvalue weighted by atomic mass is 10.0. The molecule has 278 valence electrons. The van der Waals surface area contributed by atoms with Crippen LogP contribution in [0.2, 0.25) is 0 Å². The van der Waals surface area contributed by atoms with Gasteiger partial charge in [0, 0.05) is 19.4 Å². The lowest BCUT2D eigenvalue weighted by Gasteiger charge is -2.19. The second-order valence-corrected chi connectivity index (χ2v) is 13.5. The molecule has 0 saturated heterocycles. The van der Waals surface area contributed by atoms with Crippen molar-refractivity contribution in [2.24, 2.45) is 5.73 Å². The summed E-state index contributed by atoms with van der Waals surface area (Å²) >= 11 is 0. The van der Waals surface area contributed by atoms with Crippen LogP contribution in [-0.2, 0) is 32.7 Å². The summed E-state index contributed by atoms with van der Waals surface area (Å²) in [5.74, 6) is -0.881. The summed E-state index contributed by atoms with van der Waals surface area (Å²) in [5, 5.41) is 0. The molecule has 0 aromatic rings. The Balaban J connectivity index is 4.31. The molecule has 0 aliphatic rings. The normalized spacial score (nSPS) is 14.0. The van der Waals surface area contributed by atoms with Crippen LogP contribution in [0.25, 0.3) is 0 Å². The first kappa shape index (κ1) is 46.0. The molecule has 0 aliphatic heterocycles. The highest BCUT2D eigenvalue weighted by Gasteiger charge is 2.25. The number of hydrogen-bond acceptors (Lipinski definition) is 8. The zero-order chi connectivity index (χ0) is 35.4. The van der Waals surface area contributed by atoms with Gasteiger partial charge in [-0.05, 0) is 51.4 Å². The fourth-order valence-electron chi connectivity index (χ4n) is 4.74. The van der Waals surface area contributed by atoms with Gasteiger partial charge in [0.2, 0.25) is 0 Å². The Morgan fingerprint density at radius 1 is 0.646 bits per heavy atom. The van der Waals surface area contributed by atoms with Gasteiger partial charge in [-0.2, -0.15) is 0 Å². The SMILES string of the molecule is CC/C=C\C/C=C\C/C=C\C/C=C\CCCCC(=O)OC[C@H](COP(=O)(O)OCCN)OC(=O)CCCCCCCCCCCCCC. The Bertz CT molecular complexity index is 934. The van der Waals surface area contributed by atoms with Crippen molar-refractivity contribution in [1.29, 1.82) is 0 Å². The Labute approximate surface area is 292 Å². The number of ether oxygens (including phenoxy) is 2. The third-order valence-corrected chi connectivity index (χ3v) is 8.46. The largest absolute Gasteiger partial charge is 0.472 e. The Morgan fingerprint density at radius 3 is 1.71 bits per heavy atom. The zero-order valence-electron chi connectivity index (χ0n) is 30.2. The fourth-order valence-corrected chi connectivity index (χ4v) is 5.51. The predicted molar refractivity (Wildman–Crippen MR) is 196 cm³/mol. The Hall–Kier alpha value is -2.03. The van der Waals surface area contributed by atoms with E-state index in [1.807, 2.05) is 0 Å². The molecular weight excluding hydrogens is 629 g/mol. The number of carbonyl (C=O) groups is 2. The van der Waals surface area contributed by atoms with E-state index in [0.717, 1.165) is 57.8 Å². The van der Waals surface area contributed by atoms with Gasteiger partial charge in [-0.3, -0.25) is 18.6 Å². The smallest absolute Gasteiger partial charge is 0.462 e. The van der Waals surface area contributed by atoms with Crippen LogP contribution < -0.4 is 5.73 Å². The van der Waals surface area contributed by atoms with Gasteiger partial charge in [0.05, 0.1) is 13.2 Å². The van der Waals surface area contributed by atoms with Crippen LogP contribution in [0.3, 0.4) is 0 Å². The van der Waals surface area contributed by atoms with Crippen LogP contribution in [0, 0.1) is 0 Å². The number of phosphoric acid groups is 1. The minimum absolute atomic E-state index is 0.0469. The van der Waals surface area contributed by atoms with E-state index in [9.17, 15) is 19.0 Å². The molecule has 0 aromatic heterocycles. The minimum Gasteiger partial charge on any atom is -0.462 e. The van der Waals surface area contributed by atoms with Crippen LogP contribution in [0.5, 0.6) is 0 Å². The molecule has 10 heteroatoms. The second kappa shape index (κ2) is 34.8. The van der Waals surface area contributed by atoms with Crippen LogP contribution in [-0.4, -0.2) is 49.3 Å². The zero-order valence-corrected chi connectivity index (χ0v) is 31.1. The van der Waals surface area contributed by atoms with Crippen LogP contribution in [0.4, 0.5) is 0 Å². The molecule has 0 fully saturated rings. The molecule has 0 amide bonds. The number of allylic oxidation sites excluding steroid dienone is 8. The Kier molecular flexibility index (Phi) is 33.3. The minimum atomic E-state index is -4.38. The number of hydrogen-bond donors (Lipinski definition) is 2. The quantitative estimate of drug-likeness (QED) is 0.0291. The fraction of sp³-hybridized carbons (Fsp3) is 0.737. The van der Waals surface area contributed by atoms with Gasteiger partial charge >= 0.3 is 19.8 Å². The van der Waals surface area contributed by atoms with Crippen LogP contribution in [0.15, 0.2) is 48.6 Å². The second-order valence-electron chi connectivity index (χ2n) is 12.1. The van der Waals surface area contributed by atoms with E-state index < -0.39 is 32.5 Å². The van der Waals surface area contributed by atoms with E-state index >= 15 is 0 Å². The molecule has 0 rings (SSSR count). The van der Waals surface area contributed by atoms with Crippen molar-refractivity contribution in [3.8, 4) is 0 Å². The van der Waals surface area contributed by atoms with Crippen LogP contribution in [0.1, 0.15) is 149 Å². The van der Waals surface area contributed by atoms with Crippen molar-refractivity contribution < 1.29 is 37.6 Å². The van der Waals surface area contributed by atoms with Gasteiger partial charge in [0.15, 0.2) is 6.10 Å². The highest BCUT2D eigenvalue weighted by Crippen LogP contribution is 2.43. The topological polar surface area (TPSA) is 134 Å². The van der Waals surface area contributed by atoms with Gasteiger partial charge < -0.3 is 20.1 Å². The first-order valence-electron chi connectivity index (χ1n) is 18.6. The third-order valence-electron chi connectivity index (χ3n) is 7.48. The molecule has 9 nitrogen and oxygen atoms in total. The molecule has 0 spiro atoms. The van der Waals surface area contributed by atoms with Gasteiger partial charge in [0.25, 0.3) is 0 Å². The maximum atomic E-state index is 12.5. The summed E-state index contributed by atoms with van der Waals surface area (Å²) in [6, 6.07) is 0. The maximum absolute atomic E-state index is 12.5. The lowest BCUT2D eigenvalue weighted by molar-refractivity contribution is -0.161. The first-order valence-corrected chi connectivity index (χ1v) is 20.1. The molecule has 3 N–H and O–H groups in total. The summed E-state index contributed by atoms with van der Waals surface area (Å²) in [6.07, 6.45) is 37.2. The third kappa shape index (κ3) is 33.9. The molecule has 48 heavy (non-hydrogen) atoms. The van der Waals surface area contributed by atoms with Crippen LogP contribution >= 0.6 is 7.82 Å². The molecule has 1 unspecified atom stereocenters. The maximum Gasteiger partial charge on any atom is 0.472 e. The van der Waals surface area contributed by atoms with E-state index in [4.69, 9.17) is 24.3 Å². The summed E-state index contributed by atoms with van der Waals surface area (Å²) in [7, 11) is -4.38. The number of unbranched alkanes of at least 4 members (excludes halogenated alkanes) is 13. The molecule has 0 saturated carbocycles. The van der Waals surface area contributed by atoms with Gasteiger partial charge in [-0.15, -0.1) is 0 Å². The lowest BCUT2D eigenvalue weighted by Crippen LogP contribution is -2.29. The Morgan fingerprint density at radius 2 is 1.15 bits per heavy atom. The monoisotopic (exact) mass is 697 g/mol. The van der Waals surface area contributed by atoms with E-state index in [-0.39, 0.29) is 32.6 Å².